The molecular formula is C15H17BrN2O. The van der Waals surface area contributed by atoms with Gasteiger partial charge in [-0.1, -0.05) is 32.0 Å². The average Bonchev–Trinajstić information content (AvgIpc) is 2.42. The van der Waals surface area contributed by atoms with Gasteiger partial charge in [0.25, 0.3) is 0 Å². The van der Waals surface area contributed by atoms with Crippen LogP contribution >= 0.6 is 15.9 Å². The first-order valence-electron chi connectivity index (χ1n) is 6.29. The fourth-order valence-electron chi connectivity index (χ4n) is 1.86. The van der Waals surface area contributed by atoms with Crippen LogP contribution in [0.1, 0.15) is 31.7 Å². The van der Waals surface area contributed by atoms with E-state index in [4.69, 9.17) is 10.5 Å². The van der Waals surface area contributed by atoms with E-state index in [1.807, 2.05) is 18.2 Å². The van der Waals surface area contributed by atoms with Crippen molar-refractivity contribution in [2.75, 3.05) is 5.73 Å². The molecular weight excluding hydrogens is 304 g/mol. The maximum atomic E-state index is 5.98. The lowest BCUT2D eigenvalue weighted by Gasteiger charge is -2.16. The summed E-state index contributed by atoms with van der Waals surface area (Å²) >= 11 is 3.42. The van der Waals surface area contributed by atoms with Crippen molar-refractivity contribution >= 4 is 21.6 Å². The minimum Gasteiger partial charge on any atom is -0.454 e. The standard InChI is InChI=1S/C15H17BrN2O/c1-3-10(2)11-6-4-5-7-14(11)19-15-12(16)8-18-9-13(15)17/h4-10H,3,17H2,1-2H3. The second kappa shape index (κ2) is 6.06. The van der Waals surface area contributed by atoms with Crippen LogP contribution < -0.4 is 10.5 Å². The molecule has 1 aromatic carbocycles. The fraction of sp³-hybridized carbons (Fsp3) is 0.267. The van der Waals surface area contributed by atoms with Crippen LogP contribution in [0.15, 0.2) is 41.1 Å². The number of nitrogens with two attached hydrogens (primary N) is 1. The van der Waals surface area contributed by atoms with Crippen LogP contribution in [0.2, 0.25) is 0 Å². The predicted molar refractivity (Wildman–Crippen MR) is 81.6 cm³/mol. The van der Waals surface area contributed by atoms with Crippen LogP contribution in [0.4, 0.5) is 5.69 Å². The van der Waals surface area contributed by atoms with Crippen LogP contribution in [-0.2, 0) is 0 Å². The van der Waals surface area contributed by atoms with Crippen LogP contribution in [0, 0.1) is 0 Å². The number of rotatable bonds is 4. The number of hydrogen-bond donors (Lipinski definition) is 1. The number of nitrogens with zero attached hydrogens (tertiary/aromatic N) is 1. The number of nitrogen functional groups attached to an aromatic ring is 1. The summed E-state index contributed by atoms with van der Waals surface area (Å²) in [6.07, 6.45) is 4.33. The van der Waals surface area contributed by atoms with Gasteiger partial charge in [-0.05, 0) is 39.9 Å². The first-order chi connectivity index (χ1) is 9.13. The lowest BCUT2D eigenvalue weighted by molar-refractivity contribution is 0.469. The molecule has 1 atom stereocenters. The minimum absolute atomic E-state index is 0.443. The molecule has 0 bridgehead atoms. The molecule has 0 aliphatic carbocycles. The summed E-state index contributed by atoms with van der Waals surface area (Å²) < 4.78 is 6.74. The first kappa shape index (κ1) is 13.9. The fourth-order valence-corrected chi connectivity index (χ4v) is 2.28. The highest BCUT2D eigenvalue weighted by Crippen LogP contribution is 2.37. The maximum absolute atomic E-state index is 5.98. The molecule has 1 unspecified atom stereocenters. The zero-order valence-corrected chi connectivity index (χ0v) is 12.6. The number of ether oxygens (including phenoxy) is 1. The van der Waals surface area contributed by atoms with Crippen molar-refractivity contribution in [3.8, 4) is 11.5 Å². The van der Waals surface area contributed by atoms with E-state index >= 15 is 0 Å². The van der Waals surface area contributed by atoms with Crippen LogP contribution in [0.3, 0.4) is 0 Å². The van der Waals surface area contributed by atoms with E-state index in [0.717, 1.165) is 16.6 Å². The number of halogens is 1. The summed E-state index contributed by atoms with van der Waals surface area (Å²) in [6.45, 7) is 4.35. The number of hydrogen-bond acceptors (Lipinski definition) is 3. The van der Waals surface area contributed by atoms with Gasteiger partial charge in [-0.2, -0.15) is 0 Å². The summed E-state index contributed by atoms with van der Waals surface area (Å²) in [7, 11) is 0. The molecule has 0 saturated carbocycles. The van der Waals surface area contributed by atoms with Gasteiger partial charge in [0.15, 0.2) is 5.75 Å². The van der Waals surface area contributed by atoms with Gasteiger partial charge in [-0.3, -0.25) is 4.98 Å². The number of anilines is 1. The van der Waals surface area contributed by atoms with Crippen molar-refractivity contribution in [2.45, 2.75) is 26.2 Å². The normalized spacial score (nSPS) is 12.2. The molecule has 100 valence electrons. The van der Waals surface area contributed by atoms with Crippen LogP contribution in [-0.4, -0.2) is 4.98 Å². The number of pyridine rings is 1. The first-order valence-corrected chi connectivity index (χ1v) is 7.08. The summed E-state index contributed by atoms with van der Waals surface area (Å²) in [6, 6.07) is 8.05. The Hall–Kier alpha value is -1.55. The molecule has 0 amide bonds. The summed E-state index contributed by atoms with van der Waals surface area (Å²) in [4.78, 5) is 4.01. The van der Waals surface area contributed by atoms with E-state index in [1.54, 1.807) is 12.4 Å². The molecule has 2 aromatic rings. The van der Waals surface area contributed by atoms with Gasteiger partial charge < -0.3 is 10.5 Å². The molecule has 19 heavy (non-hydrogen) atoms. The van der Waals surface area contributed by atoms with Gasteiger partial charge in [-0.15, -0.1) is 0 Å². The average molecular weight is 321 g/mol. The van der Waals surface area contributed by atoms with Crippen molar-refractivity contribution in [1.29, 1.82) is 0 Å². The largest absolute Gasteiger partial charge is 0.454 e. The Labute approximate surface area is 121 Å². The molecule has 0 aliphatic rings. The van der Waals surface area contributed by atoms with E-state index in [9.17, 15) is 0 Å². The Morgan fingerprint density at radius 3 is 2.74 bits per heavy atom. The highest BCUT2D eigenvalue weighted by molar-refractivity contribution is 9.10. The quantitative estimate of drug-likeness (QED) is 0.885. The zero-order chi connectivity index (χ0) is 13.8. The van der Waals surface area contributed by atoms with Crippen molar-refractivity contribution in [3.05, 3.63) is 46.7 Å². The maximum Gasteiger partial charge on any atom is 0.167 e. The smallest absolute Gasteiger partial charge is 0.167 e. The van der Waals surface area contributed by atoms with Crippen LogP contribution in [0.5, 0.6) is 11.5 Å². The molecule has 0 aliphatic heterocycles. The van der Waals surface area contributed by atoms with E-state index in [-0.39, 0.29) is 0 Å². The topological polar surface area (TPSA) is 48.1 Å². The number of aromatic nitrogens is 1. The highest BCUT2D eigenvalue weighted by atomic mass is 79.9. The number of para-hydroxylation sites is 1. The minimum atomic E-state index is 0.443. The Balaban J connectivity index is 2.39. The molecule has 0 spiro atoms. The molecule has 0 radical (unpaired) electrons. The Morgan fingerprint density at radius 1 is 1.32 bits per heavy atom. The molecule has 0 fully saturated rings. The third-order valence-corrected chi connectivity index (χ3v) is 3.72. The Morgan fingerprint density at radius 2 is 2.05 bits per heavy atom. The molecule has 0 saturated heterocycles. The second-order valence-electron chi connectivity index (χ2n) is 4.49. The monoisotopic (exact) mass is 320 g/mol. The van der Waals surface area contributed by atoms with Crippen molar-refractivity contribution in [1.82, 2.24) is 4.98 Å². The predicted octanol–water partition coefficient (Wildman–Crippen LogP) is 4.73. The molecule has 3 nitrogen and oxygen atoms in total. The zero-order valence-electron chi connectivity index (χ0n) is 11.1. The van der Waals surface area contributed by atoms with Gasteiger partial charge in [0.1, 0.15) is 5.75 Å². The lowest BCUT2D eigenvalue weighted by Crippen LogP contribution is -1.99. The van der Waals surface area contributed by atoms with Crippen LogP contribution in [0.25, 0.3) is 0 Å². The van der Waals surface area contributed by atoms with Gasteiger partial charge in [0, 0.05) is 6.20 Å². The summed E-state index contributed by atoms with van der Waals surface area (Å²) in [5.41, 5.74) is 7.62. The third kappa shape index (κ3) is 3.07. The SMILES string of the molecule is CCC(C)c1ccccc1Oc1c(N)cncc1Br. The second-order valence-corrected chi connectivity index (χ2v) is 5.34. The third-order valence-electron chi connectivity index (χ3n) is 3.15. The van der Waals surface area contributed by atoms with E-state index in [2.05, 4.69) is 40.8 Å². The molecule has 1 heterocycles. The van der Waals surface area contributed by atoms with Gasteiger partial charge in [0.2, 0.25) is 0 Å². The number of benzene rings is 1. The molecule has 1 aromatic heterocycles. The van der Waals surface area contributed by atoms with Gasteiger partial charge >= 0.3 is 0 Å². The molecule has 4 heteroatoms. The van der Waals surface area contributed by atoms with Gasteiger partial charge in [0.05, 0.1) is 16.4 Å². The highest BCUT2D eigenvalue weighted by Gasteiger charge is 2.13. The van der Waals surface area contributed by atoms with Crippen molar-refractivity contribution in [2.24, 2.45) is 0 Å². The van der Waals surface area contributed by atoms with E-state index in [0.29, 0.717) is 17.4 Å². The molecule has 2 rings (SSSR count). The van der Waals surface area contributed by atoms with E-state index in [1.165, 1.54) is 5.56 Å². The van der Waals surface area contributed by atoms with Crippen molar-refractivity contribution in [3.63, 3.8) is 0 Å². The Kier molecular flexibility index (Phi) is 4.43. The lowest BCUT2D eigenvalue weighted by atomic mass is 9.98. The summed E-state index contributed by atoms with van der Waals surface area (Å²) in [5, 5.41) is 0. The molecule has 2 N–H and O–H groups in total. The van der Waals surface area contributed by atoms with Gasteiger partial charge in [-0.25, -0.2) is 0 Å². The Bertz CT molecular complexity index is 552. The van der Waals surface area contributed by atoms with Crippen molar-refractivity contribution < 1.29 is 4.74 Å². The van der Waals surface area contributed by atoms with E-state index < -0.39 is 0 Å². The summed E-state index contributed by atoms with van der Waals surface area (Å²) in [5.74, 6) is 1.90.